The van der Waals surface area contributed by atoms with Gasteiger partial charge in [-0.15, -0.1) is 0 Å². The van der Waals surface area contributed by atoms with Gasteiger partial charge in [0.05, 0.1) is 16.3 Å². The van der Waals surface area contributed by atoms with Crippen LogP contribution in [-0.4, -0.2) is 50.5 Å². The molecular weight excluding hydrogens is 322 g/mol. The zero-order chi connectivity index (χ0) is 16.4. The smallest absolute Gasteiger partial charge is 0.216 e. The van der Waals surface area contributed by atoms with Crippen LogP contribution >= 0.6 is 0 Å². The molecule has 1 heterocycles. The Morgan fingerprint density at radius 2 is 1.41 bits per heavy atom. The first-order chi connectivity index (χ1) is 10.2. The van der Waals surface area contributed by atoms with Gasteiger partial charge in [-0.25, -0.2) is 21.1 Å². The summed E-state index contributed by atoms with van der Waals surface area (Å²) in [5, 5.41) is -0.613. The van der Waals surface area contributed by atoms with E-state index in [1.165, 1.54) is 0 Å². The monoisotopic (exact) mass is 351 g/mol. The van der Waals surface area contributed by atoms with E-state index in [2.05, 4.69) is 0 Å². The van der Waals surface area contributed by atoms with Crippen molar-refractivity contribution in [1.29, 1.82) is 0 Å². The van der Waals surface area contributed by atoms with Crippen LogP contribution in [0.25, 0.3) is 0 Å². The summed E-state index contributed by atoms with van der Waals surface area (Å²) < 4.78 is 51.4. The highest BCUT2D eigenvalue weighted by Gasteiger charge is 2.38. The van der Waals surface area contributed by atoms with Crippen molar-refractivity contribution >= 4 is 19.9 Å². The van der Waals surface area contributed by atoms with Crippen LogP contribution in [0.1, 0.15) is 58.8 Å². The Morgan fingerprint density at radius 3 is 1.91 bits per heavy atom. The largest absolute Gasteiger partial charge is 0.229 e. The van der Waals surface area contributed by atoms with Gasteiger partial charge in [-0.05, 0) is 31.6 Å². The van der Waals surface area contributed by atoms with Crippen LogP contribution in [0.4, 0.5) is 0 Å². The van der Waals surface area contributed by atoms with Gasteiger partial charge in [0.2, 0.25) is 10.0 Å². The lowest BCUT2D eigenvalue weighted by atomic mass is 10.0. The van der Waals surface area contributed by atoms with Crippen LogP contribution in [0.3, 0.4) is 0 Å². The van der Waals surface area contributed by atoms with Crippen LogP contribution in [0, 0.1) is 5.92 Å². The number of nitrogens with zero attached hydrogens (tertiary/aromatic N) is 1. The lowest BCUT2D eigenvalue weighted by Gasteiger charge is -2.34. The second-order valence-electron chi connectivity index (χ2n) is 7.13. The van der Waals surface area contributed by atoms with E-state index in [4.69, 9.17) is 0 Å². The molecule has 5 nitrogen and oxygen atoms in total. The van der Waals surface area contributed by atoms with Crippen molar-refractivity contribution in [3.63, 3.8) is 0 Å². The summed E-state index contributed by atoms with van der Waals surface area (Å²) in [6.07, 6.45) is 5.51. The van der Waals surface area contributed by atoms with Crippen molar-refractivity contribution < 1.29 is 16.8 Å². The molecule has 130 valence electrons. The molecule has 2 fully saturated rings. The maximum Gasteiger partial charge on any atom is 0.216 e. The molecule has 0 atom stereocenters. The van der Waals surface area contributed by atoms with Crippen LogP contribution < -0.4 is 0 Å². The average Bonchev–Trinajstić information content (AvgIpc) is 2.47. The van der Waals surface area contributed by atoms with E-state index in [1.54, 1.807) is 4.31 Å². The zero-order valence-corrected chi connectivity index (χ0v) is 15.3. The van der Waals surface area contributed by atoms with Crippen LogP contribution in [-0.2, 0) is 19.9 Å². The molecule has 0 unspecified atom stereocenters. The summed E-state index contributed by atoms with van der Waals surface area (Å²) in [5.74, 6) is 0.321. The number of rotatable bonds is 5. The summed E-state index contributed by atoms with van der Waals surface area (Å²) >= 11 is 0. The van der Waals surface area contributed by atoms with Gasteiger partial charge < -0.3 is 0 Å². The van der Waals surface area contributed by atoms with E-state index < -0.39 is 19.9 Å². The van der Waals surface area contributed by atoms with Gasteiger partial charge in [-0.1, -0.05) is 33.1 Å². The van der Waals surface area contributed by atoms with Gasteiger partial charge in [0, 0.05) is 13.1 Å². The summed E-state index contributed by atoms with van der Waals surface area (Å²) in [7, 11) is -6.34. The van der Waals surface area contributed by atoms with E-state index >= 15 is 0 Å². The second kappa shape index (κ2) is 7.18. The van der Waals surface area contributed by atoms with Gasteiger partial charge in [-0.3, -0.25) is 0 Å². The first-order valence-corrected chi connectivity index (χ1v) is 11.7. The Bertz CT molecular complexity index is 554. The fraction of sp³-hybridized carbons (Fsp3) is 1.00. The SMILES string of the molecule is CC(C)CS(=O)(=O)C1CCN(S(=O)(=O)C2CCCCC2)CC1. The number of hydrogen-bond acceptors (Lipinski definition) is 4. The Hall–Kier alpha value is -0.140. The topological polar surface area (TPSA) is 71.5 Å². The molecule has 2 rings (SSSR count). The quantitative estimate of drug-likeness (QED) is 0.761. The first-order valence-electron chi connectivity index (χ1n) is 8.44. The predicted octanol–water partition coefficient (Wildman–Crippen LogP) is 2.18. The third kappa shape index (κ3) is 4.23. The van der Waals surface area contributed by atoms with Gasteiger partial charge in [0.15, 0.2) is 9.84 Å². The average molecular weight is 352 g/mol. The van der Waals surface area contributed by atoms with E-state index in [-0.39, 0.29) is 22.2 Å². The molecule has 0 aromatic heterocycles. The van der Waals surface area contributed by atoms with Crippen LogP contribution in [0.5, 0.6) is 0 Å². The molecule has 0 spiro atoms. The second-order valence-corrected chi connectivity index (χ2v) is 11.7. The van der Waals surface area contributed by atoms with E-state index in [0.29, 0.717) is 25.9 Å². The highest BCUT2D eigenvalue weighted by molar-refractivity contribution is 7.92. The summed E-state index contributed by atoms with van der Waals surface area (Å²) in [6.45, 7) is 4.53. The minimum absolute atomic E-state index is 0.119. The van der Waals surface area contributed by atoms with Crippen molar-refractivity contribution in [3.05, 3.63) is 0 Å². The number of hydrogen-bond donors (Lipinski definition) is 0. The maximum atomic E-state index is 12.7. The molecule has 1 aliphatic carbocycles. The Morgan fingerprint density at radius 1 is 0.864 bits per heavy atom. The zero-order valence-electron chi connectivity index (χ0n) is 13.7. The number of sulfone groups is 1. The molecule has 0 amide bonds. The molecule has 2 aliphatic rings. The third-order valence-electron chi connectivity index (χ3n) is 4.81. The van der Waals surface area contributed by atoms with Crippen molar-refractivity contribution in [2.45, 2.75) is 69.3 Å². The fourth-order valence-electron chi connectivity index (χ4n) is 3.62. The fourth-order valence-corrected chi connectivity index (χ4v) is 7.82. The molecule has 1 saturated carbocycles. The normalized spacial score (nSPS) is 24.0. The summed E-state index contributed by atoms with van der Waals surface area (Å²) in [4.78, 5) is 0. The highest BCUT2D eigenvalue weighted by Crippen LogP contribution is 2.29. The Labute approximate surface area is 135 Å². The highest BCUT2D eigenvalue weighted by atomic mass is 32.2. The van der Waals surface area contributed by atoms with E-state index in [0.717, 1.165) is 32.1 Å². The van der Waals surface area contributed by atoms with Gasteiger partial charge in [0.1, 0.15) is 0 Å². The lowest BCUT2D eigenvalue weighted by molar-refractivity contribution is 0.334. The minimum Gasteiger partial charge on any atom is -0.229 e. The summed E-state index contributed by atoms with van der Waals surface area (Å²) in [6, 6.07) is 0. The van der Waals surface area contributed by atoms with Gasteiger partial charge in [0.25, 0.3) is 0 Å². The molecule has 0 bridgehead atoms. The molecule has 7 heteroatoms. The molecule has 0 N–H and O–H groups in total. The van der Waals surface area contributed by atoms with Crippen molar-refractivity contribution in [3.8, 4) is 0 Å². The molecule has 1 aliphatic heterocycles. The van der Waals surface area contributed by atoms with Crippen molar-refractivity contribution in [1.82, 2.24) is 4.31 Å². The molecular formula is C15H29NO4S2. The Kier molecular flexibility index (Phi) is 5.94. The van der Waals surface area contributed by atoms with Gasteiger partial charge in [-0.2, -0.15) is 0 Å². The number of piperidine rings is 1. The molecule has 0 aromatic rings. The van der Waals surface area contributed by atoms with E-state index in [1.807, 2.05) is 13.8 Å². The van der Waals surface area contributed by atoms with E-state index in [9.17, 15) is 16.8 Å². The molecule has 0 aromatic carbocycles. The lowest BCUT2D eigenvalue weighted by Crippen LogP contribution is -2.47. The van der Waals surface area contributed by atoms with Crippen molar-refractivity contribution in [2.75, 3.05) is 18.8 Å². The number of sulfonamides is 1. The predicted molar refractivity (Wildman–Crippen MR) is 89.0 cm³/mol. The first kappa shape index (κ1) is 18.2. The third-order valence-corrected chi connectivity index (χ3v) is 9.83. The van der Waals surface area contributed by atoms with Crippen molar-refractivity contribution in [2.24, 2.45) is 5.92 Å². The summed E-state index contributed by atoms with van der Waals surface area (Å²) in [5.41, 5.74) is 0. The van der Waals surface area contributed by atoms with Crippen LogP contribution in [0.2, 0.25) is 0 Å². The maximum absolute atomic E-state index is 12.7. The molecule has 0 radical (unpaired) electrons. The van der Waals surface area contributed by atoms with Crippen LogP contribution in [0.15, 0.2) is 0 Å². The standard InChI is InChI=1S/C15H29NO4S2/c1-13(2)12-21(17,18)14-8-10-16(11-9-14)22(19,20)15-6-4-3-5-7-15/h13-15H,3-12H2,1-2H3. The molecule has 22 heavy (non-hydrogen) atoms. The van der Waals surface area contributed by atoms with Gasteiger partial charge >= 0.3 is 0 Å². The minimum atomic E-state index is -3.24. The molecule has 1 saturated heterocycles. The Balaban J connectivity index is 1.97.